The summed E-state index contributed by atoms with van der Waals surface area (Å²) in [5.74, 6) is 8.39. The fraction of sp³-hybridized carbons (Fsp3) is 0.389. The molecular formula is C18H24FeO+2. The zero-order valence-electron chi connectivity index (χ0n) is 13.3. The number of rotatable bonds is 2. The minimum Gasteiger partial charge on any atom is -0.299 e. The van der Waals surface area contributed by atoms with Gasteiger partial charge in [0.1, 0.15) is 5.78 Å². The van der Waals surface area contributed by atoms with Gasteiger partial charge in [0.15, 0.2) is 0 Å². The minimum atomic E-state index is 0. The Bertz CT molecular complexity index is 238. The van der Waals surface area contributed by atoms with Crippen molar-refractivity contribution in [2.75, 3.05) is 0 Å². The number of ketones is 1. The molecule has 108 valence electrons. The van der Waals surface area contributed by atoms with E-state index >= 15 is 0 Å². The summed E-state index contributed by atoms with van der Waals surface area (Å²) in [5, 5.41) is 0. The maximum atomic E-state index is 10.9. The van der Waals surface area contributed by atoms with Crippen LogP contribution >= 0.6 is 0 Å². The van der Waals surface area contributed by atoms with Crippen LogP contribution in [0.25, 0.3) is 0 Å². The molecule has 0 amide bonds. The van der Waals surface area contributed by atoms with Crippen molar-refractivity contribution >= 4 is 5.78 Å². The summed E-state index contributed by atoms with van der Waals surface area (Å²) in [6.45, 7) is 12.9. The van der Waals surface area contributed by atoms with Crippen molar-refractivity contribution in [2.24, 2.45) is 0 Å². The Balaban J connectivity index is 0.000000345. The van der Waals surface area contributed by atoms with Crippen LogP contribution in [0.1, 0.15) is 48.0 Å². The molecule has 2 fully saturated rings. The van der Waals surface area contributed by atoms with Crippen molar-refractivity contribution in [1.82, 2.24) is 0 Å². The van der Waals surface area contributed by atoms with E-state index in [-0.39, 0.29) is 22.9 Å². The van der Waals surface area contributed by atoms with Gasteiger partial charge in [-0.25, -0.2) is 0 Å². The maximum absolute atomic E-state index is 10.9. The van der Waals surface area contributed by atoms with E-state index in [0.29, 0.717) is 6.42 Å². The third kappa shape index (κ3) is 4.88. The summed E-state index contributed by atoms with van der Waals surface area (Å²) in [6.07, 6.45) is 8.04. The molecular weight excluding hydrogens is 288 g/mol. The molecule has 0 aromatic rings. The first-order valence-corrected chi connectivity index (χ1v) is 6.84. The van der Waals surface area contributed by atoms with E-state index in [0.717, 1.165) is 5.92 Å². The monoisotopic (exact) mass is 312 g/mol. The molecule has 1 nitrogen and oxygen atoms in total. The van der Waals surface area contributed by atoms with E-state index in [1.54, 1.807) is 0 Å². The zero-order chi connectivity index (χ0) is 14.6. The average Bonchev–Trinajstić information content (AvgIpc) is 3.01. The molecule has 2 saturated carbocycles. The second-order valence-electron chi connectivity index (χ2n) is 5.08. The Morgan fingerprint density at radius 2 is 1.10 bits per heavy atom. The topological polar surface area (TPSA) is 17.1 Å². The molecule has 2 rings (SSSR count). The van der Waals surface area contributed by atoms with Gasteiger partial charge in [-0.05, 0) is 55.3 Å². The summed E-state index contributed by atoms with van der Waals surface area (Å²) < 4.78 is 0. The number of carbonyl (C=O) groups is 1. The molecule has 0 heterocycles. The number of Topliss-reactive ketones (excluding diaryl/α,β-unsaturated/α-hetero) is 1. The molecule has 0 N–H and O–H groups in total. The molecule has 20 heavy (non-hydrogen) atoms. The number of carbonyl (C=O) groups excluding carboxylic acids is 1. The van der Waals surface area contributed by atoms with Crippen LogP contribution in [-0.2, 0) is 21.9 Å². The SMILES string of the molecule is CCC(=O)[C]1[CH][CH][CH][CH]1.C[C]1[C](C)[C](C)[C](C)[C]1C.[Fe+2]. The van der Waals surface area contributed by atoms with Crippen LogP contribution in [0.2, 0.25) is 0 Å². The van der Waals surface area contributed by atoms with E-state index in [2.05, 4.69) is 34.6 Å². The van der Waals surface area contributed by atoms with E-state index in [1.807, 2.05) is 32.6 Å². The van der Waals surface area contributed by atoms with Gasteiger partial charge in [0.05, 0.1) is 0 Å². The first kappa shape index (κ1) is 20.2. The molecule has 0 aromatic heterocycles. The van der Waals surface area contributed by atoms with Crippen LogP contribution in [0.15, 0.2) is 0 Å². The van der Waals surface area contributed by atoms with Crippen molar-refractivity contribution in [3.8, 4) is 0 Å². The normalized spacial score (nSPS) is 23.5. The molecule has 2 aliphatic carbocycles. The van der Waals surface area contributed by atoms with Gasteiger partial charge in [-0.1, -0.05) is 41.5 Å². The van der Waals surface area contributed by atoms with Crippen molar-refractivity contribution < 1.29 is 21.9 Å². The molecule has 0 spiro atoms. The molecule has 0 saturated heterocycles. The number of hydrogen-bond donors (Lipinski definition) is 0. The Morgan fingerprint density at radius 1 is 0.800 bits per heavy atom. The van der Waals surface area contributed by atoms with Crippen molar-refractivity contribution in [3.63, 3.8) is 0 Å². The van der Waals surface area contributed by atoms with Gasteiger partial charge >= 0.3 is 17.1 Å². The van der Waals surface area contributed by atoms with Crippen molar-refractivity contribution in [3.05, 3.63) is 61.2 Å². The van der Waals surface area contributed by atoms with Gasteiger partial charge in [0.2, 0.25) is 0 Å². The Kier molecular flexibility index (Phi) is 9.34. The standard InChI is InChI=1S/C10H15.C8H9O.Fe/c1-6-7(2)9(4)10(5)8(6)3;1-2-8(9)7-5-3-4-6-7;/h1-5H3;3-6H,2H2,1H3;/q;;+2. The van der Waals surface area contributed by atoms with Gasteiger partial charge in [-0.15, -0.1) is 0 Å². The third-order valence-corrected chi connectivity index (χ3v) is 4.12. The van der Waals surface area contributed by atoms with Crippen LogP contribution in [0.5, 0.6) is 0 Å². The second-order valence-corrected chi connectivity index (χ2v) is 5.08. The third-order valence-electron chi connectivity index (χ3n) is 4.12. The number of hydrogen-bond acceptors (Lipinski definition) is 1. The fourth-order valence-corrected chi connectivity index (χ4v) is 2.17. The molecule has 2 aliphatic rings. The van der Waals surface area contributed by atoms with E-state index in [4.69, 9.17) is 0 Å². The first-order valence-electron chi connectivity index (χ1n) is 6.84. The summed E-state index contributed by atoms with van der Waals surface area (Å²) in [5.41, 5.74) is 0. The molecule has 0 aliphatic heterocycles. The smallest absolute Gasteiger partial charge is 0.299 e. The quantitative estimate of drug-likeness (QED) is 0.693. The van der Waals surface area contributed by atoms with Gasteiger partial charge in [-0.3, -0.25) is 4.79 Å². The van der Waals surface area contributed by atoms with Crippen LogP contribution in [-0.4, -0.2) is 5.78 Å². The van der Waals surface area contributed by atoms with Crippen LogP contribution in [0.4, 0.5) is 0 Å². The summed E-state index contributed by atoms with van der Waals surface area (Å²) in [4.78, 5) is 10.9. The Labute approximate surface area is 137 Å². The van der Waals surface area contributed by atoms with Gasteiger partial charge in [-0.2, -0.15) is 0 Å². The second kappa shape index (κ2) is 9.26. The molecule has 2 heteroatoms. The molecule has 0 aromatic carbocycles. The molecule has 10 radical (unpaired) electrons. The summed E-state index contributed by atoms with van der Waals surface area (Å²) >= 11 is 0. The summed E-state index contributed by atoms with van der Waals surface area (Å²) in [6, 6.07) is 0. The first-order chi connectivity index (χ1) is 8.90. The summed E-state index contributed by atoms with van der Waals surface area (Å²) in [7, 11) is 0. The Morgan fingerprint density at radius 3 is 1.35 bits per heavy atom. The average molecular weight is 312 g/mol. The van der Waals surface area contributed by atoms with Crippen LogP contribution in [0, 0.1) is 61.2 Å². The molecule has 0 bridgehead atoms. The van der Waals surface area contributed by atoms with E-state index in [1.165, 1.54) is 29.6 Å². The Hall–Kier alpha value is 0.189. The van der Waals surface area contributed by atoms with Gasteiger partial charge in [0.25, 0.3) is 0 Å². The van der Waals surface area contributed by atoms with Crippen LogP contribution < -0.4 is 0 Å². The van der Waals surface area contributed by atoms with E-state index < -0.39 is 0 Å². The zero-order valence-corrected chi connectivity index (χ0v) is 14.4. The van der Waals surface area contributed by atoms with E-state index in [9.17, 15) is 4.79 Å². The van der Waals surface area contributed by atoms with Crippen LogP contribution in [0.3, 0.4) is 0 Å². The maximum Gasteiger partial charge on any atom is 2.00 e. The van der Waals surface area contributed by atoms with Gasteiger partial charge in [0, 0.05) is 12.3 Å². The largest absolute Gasteiger partial charge is 2.00 e. The minimum absolute atomic E-state index is 0. The fourth-order valence-electron chi connectivity index (χ4n) is 2.17. The molecule has 0 atom stereocenters. The van der Waals surface area contributed by atoms with Crippen molar-refractivity contribution in [2.45, 2.75) is 48.0 Å². The van der Waals surface area contributed by atoms with Crippen molar-refractivity contribution in [1.29, 1.82) is 0 Å². The predicted molar refractivity (Wildman–Crippen MR) is 80.3 cm³/mol. The van der Waals surface area contributed by atoms with Gasteiger partial charge < -0.3 is 0 Å². The predicted octanol–water partition coefficient (Wildman–Crippen LogP) is 4.34. The molecule has 0 unspecified atom stereocenters.